The minimum absolute atomic E-state index is 0.359. The molecule has 0 aromatic carbocycles. The lowest BCUT2D eigenvalue weighted by molar-refractivity contribution is 0.00578. The molecular formula is C16H25BN2O2. The van der Waals surface area contributed by atoms with E-state index in [0.29, 0.717) is 5.84 Å². The van der Waals surface area contributed by atoms with E-state index in [9.17, 15) is 0 Å². The molecule has 1 aliphatic heterocycles. The van der Waals surface area contributed by atoms with Gasteiger partial charge >= 0.3 is 7.12 Å². The van der Waals surface area contributed by atoms with Crippen molar-refractivity contribution >= 4 is 13.0 Å². The average molecular weight is 288 g/mol. The molecule has 0 spiro atoms. The standard InChI is InChI=1S/C16H25BN2O2/c1-9-14(18-10-2)19(11-3)12-13(4)17-20-15(5,6)16(7,8)21-17/h9-12H,1-3H2,4-8H3/b13-12+,18-14-. The molecule has 0 unspecified atom stereocenters. The van der Waals surface area contributed by atoms with Gasteiger partial charge in [0.1, 0.15) is 5.84 Å². The highest BCUT2D eigenvalue weighted by Gasteiger charge is 2.51. The Morgan fingerprint density at radius 1 is 1.10 bits per heavy atom. The molecule has 0 saturated carbocycles. The summed E-state index contributed by atoms with van der Waals surface area (Å²) in [5.41, 5.74) is 0.206. The van der Waals surface area contributed by atoms with E-state index < -0.39 is 7.12 Å². The smallest absolute Gasteiger partial charge is 0.400 e. The second kappa shape index (κ2) is 6.45. The van der Waals surface area contributed by atoms with Gasteiger partial charge in [-0.2, -0.15) is 0 Å². The molecule has 0 aromatic heterocycles. The summed E-state index contributed by atoms with van der Waals surface area (Å²) in [6.45, 7) is 21.2. The predicted molar refractivity (Wildman–Crippen MR) is 89.7 cm³/mol. The van der Waals surface area contributed by atoms with Crippen molar-refractivity contribution in [3.05, 3.63) is 49.9 Å². The molecule has 0 amide bonds. The van der Waals surface area contributed by atoms with E-state index in [-0.39, 0.29) is 11.2 Å². The molecule has 5 heteroatoms. The number of hydrogen-bond acceptors (Lipinski definition) is 3. The Hall–Kier alpha value is -1.59. The van der Waals surface area contributed by atoms with Crippen LogP contribution in [0, 0.1) is 0 Å². The Bertz CT molecular complexity index is 477. The molecule has 0 aromatic rings. The Labute approximate surface area is 128 Å². The molecule has 4 nitrogen and oxygen atoms in total. The molecule has 1 aliphatic rings. The van der Waals surface area contributed by atoms with Crippen molar-refractivity contribution < 1.29 is 9.31 Å². The number of aliphatic imine (C=N–C) groups is 1. The molecule has 114 valence electrons. The number of amidine groups is 1. The van der Waals surface area contributed by atoms with Crippen LogP contribution in [0.3, 0.4) is 0 Å². The normalized spacial score (nSPS) is 21.1. The maximum atomic E-state index is 6.01. The highest BCUT2D eigenvalue weighted by molar-refractivity contribution is 6.54. The molecule has 1 saturated heterocycles. The van der Waals surface area contributed by atoms with Crippen molar-refractivity contribution in [2.45, 2.75) is 45.8 Å². The third-order valence-electron chi connectivity index (χ3n) is 3.84. The summed E-state index contributed by atoms with van der Waals surface area (Å²) in [4.78, 5) is 5.90. The van der Waals surface area contributed by atoms with Crippen molar-refractivity contribution in [2.75, 3.05) is 0 Å². The van der Waals surface area contributed by atoms with E-state index in [2.05, 4.69) is 24.7 Å². The van der Waals surface area contributed by atoms with Crippen LogP contribution in [-0.4, -0.2) is 29.1 Å². The Morgan fingerprint density at radius 3 is 2.00 bits per heavy atom. The monoisotopic (exact) mass is 288 g/mol. The molecule has 0 atom stereocenters. The zero-order valence-electron chi connectivity index (χ0n) is 13.7. The highest BCUT2D eigenvalue weighted by atomic mass is 16.7. The first-order valence-electron chi connectivity index (χ1n) is 6.94. The Balaban J connectivity index is 2.99. The van der Waals surface area contributed by atoms with Crippen LogP contribution < -0.4 is 0 Å². The van der Waals surface area contributed by atoms with Crippen LogP contribution in [0.5, 0.6) is 0 Å². The van der Waals surface area contributed by atoms with Crippen molar-refractivity contribution in [1.29, 1.82) is 0 Å². The number of rotatable bonds is 5. The van der Waals surface area contributed by atoms with E-state index in [1.165, 1.54) is 6.20 Å². The Morgan fingerprint density at radius 2 is 1.62 bits per heavy atom. The fraction of sp³-hybridized carbons (Fsp3) is 0.438. The summed E-state index contributed by atoms with van der Waals surface area (Å²) in [6, 6.07) is 0. The summed E-state index contributed by atoms with van der Waals surface area (Å²) in [5.74, 6) is 0.635. The van der Waals surface area contributed by atoms with Gasteiger partial charge in [-0.3, -0.25) is 0 Å². The summed E-state index contributed by atoms with van der Waals surface area (Å²) < 4.78 is 12.0. The number of nitrogens with zero attached hydrogens (tertiary/aromatic N) is 2. The van der Waals surface area contributed by atoms with Crippen molar-refractivity contribution in [2.24, 2.45) is 4.99 Å². The van der Waals surface area contributed by atoms with Gasteiger partial charge in [0, 0.05) is 18.6 Å². The van der Waals surface area contributed by atoms with E-state index in [1.807, 2.05) is 40.8 Å². The number of allylic oxidation sites excluding steroid dienone is 1. The van der Waals surface area contributed by atoms with E-state index in [1.54, 1.807) is 17.2 Å². The molecule has 0 bridgehead atoms. The summed E-state index contributed by atoms with van der Waals surface area (Å²) in [6.07, 6.45) is 6.63. The first-order valence-corrected chi connectivity index (χ1v) is 6.94. The van der Waals surface area contributed by atoms with Gasteiger partial charge in [0.25, 0.3) is 0 Å². The third-order valence-corrected chi connectivity index (χ3v) is 3.84. The summed E-state index contributed by atoms with van der Waals surface area (Å²) in [5, 5.41) is 0. The van der Waals surface area contributed by atoms with Gasteiger partial charge in [0.2, 0.25) is 0 Å². The van der Waals surface area contributed by atoms with Gasteiger partial charge in [0.15, 0.2) is 0 Å². The van der Waals surface area contributed by atoms with Crippen molar-refractivity contribution in [1.82, 2.24) is 4.90 Å². The summed E-state index contributed by atoms with van der Waals surface area (Å²) >= 11 is 0. The first-order chi connectivity index (χ1) is 9.68. The van der Waals surface area contributed by atoms with Gasteiger partial charge in [-0.25, -0.2) is 4.99 Å². The minimum atomic E-state index is -0.396. The van der Waals surface area contributed by atoms with Crippen LogP contribution in [0.15, 0.2) is 54.9 Å². The molecule has 1 rings (SSSR count). The molecule has 0 N–H and O–H groups in total. The van der Waals surface area contributed by atoms with Crippen LogP contribution in [-0.2, 0) is 9.31 Å². The van der Waals surface area contributed by atoms with Crippen molar-refractivity contribution in [3.8, 4) is 0 Å². The Kier molecular flexibility index (Phi) is 5.37. The second-order valence-corrected chi connectivity index (χ2v) is 5.93. The van der Waals surface area contributed by atoms with Crippen LogP contribution in [0.4, 0.5) is 0 Å². The highest BCUT2D eigenvalue weighted by Crippen LogP contribution is 2.38. The molecule has 21 heavy (non-hydrogen) atoms. The molecule has 0 aliphatic carbocycles. The number of hydrogen-bond donors (Lipinski definition) is 0. The molecule has 1 heterocycles. The second-order valence-electron chi connectivity index (χ2n) is 5.93. The van der Waals surface area contributed by atoms with Gasteiger partial charge in [-0.15, -0.1) is 0 Å². The van der Waals surface area contributed by atoms with E-state index in [4.69, 9.17) is 9.31 Å². The lowest BCUT2D eigenvalue weighted by Crippen LogP contribution is -2.41. The summed E-state index contributed by atoms with van der Waals surface area (Å²) in [7, 11) is -0.396. The lowest BCUT2D eigenvalue weighted by atomic mass is 9.80. The SMILES string of the molecule is C=C/N=C(/C=C)N(C=C)/C=C(\C)B1OC(C)(C)C(C)(C)O1. The van der Waals surface area contributed by atoms with E-state index >= 15 is 0 Å². The first kappa shape index (κ1) is 17.5. The van der Waals surface area contributed by atoms with Gasteiger partial charge < -0.3 is 14.2 Å². The molecule has 1 fully saturated rings. The quantitative estimate of drug-likeness (QED) is 0.439. The maximum Gasteiger partial charge on any atom is 0.491 e. The van der Waals surface area contributed by atoms with Gasteiger partial charge in [0.05, 0.1) is 11.2 Å². The fourth-order valence-corrected chi connectivity index (χ4v) is 1.84. The zero-order chi connectivity index (χ0) is 16.3. The molecular weight excluding hydrogens is 263 g/mol. The van der Waals surface area contributed by atoms with Gasteiger partial charge in [-0.1, -0.05) is 19.7 Å². The maximum absolute atomic E-state index is 6.01. The van der Waals surface area contributed by atoms with Crippen LogP contribution >= 0.6 is 0 Å². The average Bonchev–Trinajstić information content (AvgIpc) is 2.62. The topological polar surface area (TPSA) is 34.1 Å². The minimum Gasteiger partial charge on any atom is -0.400 e. The predicted octanol–water partition coefficient (Wildman–Crippen LogP) is 3.70. The largest absolute Gasteiger partial charge is 0.491 e. The van der Waals surface area contributed by atoms with Crippen LogP contribution in [0.25, 0.3) is 0 Å². The third kappa shape index (κ3) is 3.74. The van der Waals surface area contributed by atoms with E-state index in [0.717, 1.165) is 5.47 Å². The van der Waals surface area contributed by atoms with Crippen LogP contribution in [0.2, 0.25) is 0 Å². The zero-order valence-corrected chi connectivity index (χ0v) is 13.7. The van der Waals surface area contributed by atoms with Gasteiger partial charge in [-0.05, 0) is 46.2 Å². The molecule has 0 radical (unpaired) electrons. The lowest BCUT2D eigenvalue weighted by Gasteiger charge is -2.32. The fourth-order valence-electron chi connectivity index (χ4n) is 1.84. The van der Waals surface area contributed by atoms with Crippen LogP contribution in [0.1, 0.15) is 34.6 Å². The van der Waals surface area contributed by atoms with Crippen molar-refractivity contribution in [3.63, 3.8) is 0 Å².